The van der Waals surface area contributed by atoms with Crippen LogP contribution in [0.1, 0.15) is 51.6 Å². The van der Waals surface area contributed by atoms with Crippen LogP contribution in [-0.4, -0.2) is 27.5 Å². The first-order chi connectivity index (χ1) is 10.2. The molecule has 22 heavy (non-hydrogen) atoms. The van der Waals surface area contributed by atoms with Crippen molar-refractivity contribution in [2.75, 3.05) is 11.4 Å². The average Bonchev–Trinajstić information content (AvgIpc) is 2.83. The van der Waals surface area contributed by atoms with Gasteiger partial charge in [-0.15, -0.1) is 0 Å². The first kappa shape index (κ1) is 14.0. The third kappa shape index (κ3) is 2.11. The largest absolute Gasteiger partial charge is 0.352 e. The maximum Gasteiger partial charge on any atom is 0.143 e. The summed E-state index contributed by atoms with van der Waals surface area (Å²) in [7, 11) is 0. The summed E-state index contributed by atoms with van der Waals surface area (Å²) in [5, 5.41) is 1.18. The van der Waals surface area contributed by atoms with Gasteiger partial charge in [0.05, 0.1) is 5.39 Å². The second-order valence-corrected chi connectivity index (χ2v) is 8.65. The highest BCUT2D eigenvalue weighted by Gasteiger charge is 2.50. The maximum atomic E-state index is 4.83. The Hall–Kier alpha value is -1.58. The van der Waals surface area contributed by atoms with Crippen molar-refractivity contribution in [3.05, 3.63) is 17.6 Å². The number of fused-ring (bicyclic) bond motifs is 3. The summed E-state index contributed by atoms with van der Waals surface area (Å²) in [4.78, 5) is 15.3. The van der Waals surface area contributed by atoms with Crippen LogP contribution < -0.4 is 4.90 Å². The van der Waals surface area contributed by atoms with E-state index in [9.17, 15) is 0 Å². The smallest absolute Gasteiger partial charge is 0.143 e. The van der Waals surface area contributed by atoms with Crippen LogP contribution in [0.5, 0.6) is 0 Å². The second kappa shape index (κ2) is 4.24. The molecule has 118 valence electrons. The van der Waals surface area contributed by atoms with Crippen molar-refractivity contribution in [2.24, 2.45) is 10.8 Å². The summed E-state index contributed by atoms with van der Waals surface area (Å²) in [6.07, 6.45) is 3.87. The lowest BCUT2D eigenvalue weighted by Gasteiger charge is -2.39. The molecule has 0 radical (unpaired) electrons. The van der Waals surface area contributed by atoms with Crippen molar-refractivity contribution in [2.45, 2.75) is 59.9 Å². The molecule has 2 fully saturated rings. The highest BCUT2D eigenvalue weighted by molar-refractivity contribution is 5.88. The Bertz CT molecular complexity index is 745. The van der Waals surface area contributed by atoms with Gasteiger partial charge in [-0.3, -0.25) is 0 Å². The standard InChI is InChI=1S/C18H26N4/c1-11-6-14-15(19-11)20-12(2)21-16(14)22-10-18(5)8-13(22)7-17(3,4)9-18/h6,13H,7-10H2,1-5H3,(H,19,20,21). The summed E-state index contributed by atoms with van der Waals surface area (Å²) in [6, 6.07) is 2.81. The molecule has 1 saturated carbocycles. The summed E-state index contributed by atoms with van der Waals surface area (Å²) < 4.78 is 0. The van der Waals surface area contributed by atoms with Gasteiger partial charge in [-0.2, -0.15) is 0 Å². The number of H-pyrrole nitrogens is 1. The van der Waals surface area contributed by atoms with Crippen LogP contribution in [0, 0.1) is 24.7 Å². The minimum Gasteiger partial charge on any atom is -0.352 e. The van der Waals surface area contributed by atoms with Gasteiger partial charge in [0, 0.05) is 18.3 Å². The quantitative estimate of drug-likeness (QED) is 0.866. The molecule has 2 unspecified atom stereocenters. The van der Waals surface area contributed by atoms with Gasteiger partial charge in [0.2, 0.25) is 0 Å². The van der Waals surface area contributed by atoms with Crippen LogP contribution in [0.4, 0.5) is 5.82 Å². The summed E-state index contributed by atoms with van der Waals surface area (Å²) in [5.74, 6) is 1.99. The molecule has 4 nitrogen and oxygen atoms in total. The Morgan fingerprint density at radius 3 is 2.73 bits per heavy atom. The number of rotatable bonds is 1. The molecule has 1 aliphatic carbocycles. The molecule has 0 aromatic carbocycles. The number of aromatic nitrogens is 3. The number of nitrogens with one attached hydrogen (secondary N) is 1. The normalized spacial score (nSPS) is 30.2. The molecule has 4 heteroatoms. The van der Waals surface area contributed by atoms with Crippen molar-refractivity contribution in [1.29, 1.82) is 0 Å². The van der Waals surface area contributed by atoms with Crippen LogP contribution in [0.25, 0.3) is 11.0 Å². The van der Waals surface area contributed by atoms with E-state index in [0.29, 0.717) is 16.9 Å². The van der Waals surface area contributed by atoms with Crippen LogP contribution in [-0.2, 0) is 0 Å². The van der Waals surface area contributed by atoms with E-state index in [-0.39, 0.29) is 0 Å². The van der Waals surface area contributed by atoms with Gasteiger partial charge < -0.3 is 9.88 Å². The van der Waals surface area contributed by atoms with E-state index in [2.05, 4.69) is 48.6 Å². The third-order valence-corrected chi connectivity index (χ3v) is 5.40. The third-order valence-electron chi connectivity index (χ3n) is 5.40. The van der Waals surface area contributed by atoms with E-state index >= 15 is 0 Å². The molecule has 0 spiro atoms. The van der Waals surface area contributed by atoms with Gasteiger partial charge in [-0.25, -0.2) is 9.97 Å². The Balaban J connectivity index is 1.83. The molecule has 3 heterocycles. The van der Waals surface area contributed by atoms with E-state index in [4.69, 9.17) is 4.98 Å². The fraction of sp³-hybridized carbons (Fsp3) is 0.667. The van der Waals surface area contributed by atoms with Crippen LogP contribution in [0.15, 0.2) is 6.07 Å². The molecule has 1 aliphatic heterocycles. The fourth-order valence-corrected chi connectivity index (χ4v) is 5.16. The zero-order valence-corrected chi connectivity index (χ0v) is 14.3. The molecular formula is C18H26N4. The topological polar surface area (TPSA) is 44.8 Å². The van der Waals surface area contributed by atoms with Gasteiger partial charge in [0.15, 0.2) is 0 Å². The first-order valence-electron chi connectivity index (χ1n) is 8.35. The number of aryl methyl sites for hydroxylation is 2. The summed E-state index contributed by atoms with van der Waals surface area (Å²) in [6.45, 7) is 12.5. The van der Waals surface area contributed by atoms with Gasteiger partial charge in [-0.05, 0) is 50.0 Å². The molecule has 2 bridgehead atoms. The number of hydrogen-bond donors (Lipinski definition) is 1. The van der Waals surface area contributed by atoms with Crippen molar-refractivity contribution < 1.29 is 0 Å². The zero-order valence-electron chi connectivity index (χ0n) is 14.3. The maximum absolute atomic E-state index is 4.83. The van der Waals surface area contributed by atoms with Crippen molar-refractivity contribution in [1.82, 2.24) is 15.0 Å². The predicted octanol–water partition coefficient (Wildman–Crippen LogP) is 3.98. The molecule has 2 aliphatic rings. The second-order valence-electron chi connectivity index (χ2n) is 8.65. The van der Waals surface area contributed by atoms with Crippen molar-refractivity contribution >= 4 is 16.9 Å². The first-order valence-corrected chi connectivity index (χ1v) is 8.35. The van der Waals surface area contributed by atoms with E-state index in [1.165, 1.54) is 24.6 Å². The molecule has 2 aromatic heterocycles. The summed E-state index contributed by atoms with van der Waals surface area (Å²) >= 11 is 0. The molecule has 4 rings (SSSR count). The fourth-order valence-electron chi connectivity index (χ4n) is 5.16. The molecule has 1 saturated heterocycles. The Morgan fingerprint density at radius 2 is 1.95 bits per heavy atom. The van der Waals surface area contributed by atoms with E-state index in [1.807, 2.05) is 6.92 Å². The van der Waals surface area contributed by atoms with Crippen molar-refractivity contribution in [3.8, 4) is 0 Å². The highest BCUT2D eigenvalue weighted by Crippen LogP contribution is 2.53. The van der Waals surface area contributed by atoms with Crippen molar-refractivity contribution in [3.63, 3.8) is 0 Å². The van der Waals surface area contributed by atoms with E-state index < -0.39 is 0 Å². The van der Waals surface area contributed by atoms with Crippen LogP contribution in [0.3, 0.4) is 0 Å². The van der Waals surface area contributed by atoms with E-state index in [1.54, 1.807) is 0 Å². The molecule has 1 N–H and O–H groups in total. The average molecular weight is 298 g/mol. The SMILES string of the molecule is Cc1nc(N2CC3(C)CC2CC(C)(C)C3)c2cc(C)[nH]c2n1. The number of hydrogen-bond acceptors (Lipinski definition) is 3. The summed E-state index contributed by atoms with van der Waals surface area (Å²) in [5.41, 5.74) is 2.99. The van der Waals surface area contributed by atoms with Gasteiger partial charge in [0.25, 0.3) is 0 Å². The van der Waals surface area contributed by atoms with Gasteiger partial charge >= 0.3 is 0 Å². The Labute approximate surface area is 132 Å². The van der Waals surface area contributed by atoms with Crippen LogP contribution >= 0.6 is 0 Å². The minimum absolute atomic E-state index is 0.420. The minimum atomic E-state index is 0.420. The molecule has 2 atom stereocenters. The molecule has 2 aromatic rings. The lowest BCUT2D eigenvalue weighted by Crippen LogP contribution is -2.35. The Morgan fingerprint density at radius 1 is 1.18 bits per heavy atom. The lowest BCUT2D eigenvalue weighted by molar-refractivity contribution is 0.136. The monoisotopic (exact) mass is 298 g/mol. The Kier molecular flexibility index (Phi) is 2.71. The van der Waals surface area contributed by atoms with Crippen LogP contribution in [0.2, 0.25) is 0 Å². The zero-order chi connectivity index (χ0) is 15.7. The lowest BCUT2D eigenvalue weighted by atomic mass is 9.65. The van der Waals surface area contributed by atoms with E-state index in [0.717, 1.165) is 29.5 Å². The molecular weight excluding hydrogens is 272 g/mol. The highest BCUT2D eigenvalue weighted by atomic mass is 15.3. The molecule has 0 amide bonds. The number of anilines is 1. The number of aromatic amines is 1. The van der Waals surface area contributed by atoms with Gasteiger partial charge in [-0.1, -0.05) is 20.8 Å². The number of nitrogens with zero attached hydrogens (tertiary/aromatic N) is 3. The van der Waals surface area contributed by atoms with Gasteiger partial charge in [0.1, 0.15) is 17.3 Å². The predicted molar refractivity (Wildman–Crippen MR) is 90.2 cm³/mol.